The molecule has 2 unspecified atom stereocenters. The van der Waals surface area contributed by atoms with E-state index < -0.39 is 17.7 Å². The summed E-state index contributed by atoms with van der Waals surface area (Å²) in [5.74, 6) is -0.293. The van der Waals surface area contributed by atoms with E-state index >= 15 is 0 Å². The van der Waals surface area contributed by atoms with Crippen molar-refractivity contribution in [3.63, 3.8) is 0 Å². The molecular weight excluding hydrogens is 339 g/mol. The van der Waals surface area contributed by atoms with E-state index in [9.17, 15) is 19.1 Å². The smallest absolute Gasteiger partial charge is 0.325 e. The van der Waals surface area contributed by atoms with Crippen molar-refractivity contribution in [3.8, 4) is 5.75 Å². The number of carbonyl (C=O) groups excluding carboxylic acids is 2. The van der Waals surface area contributed by atoms with Crippen LogP contribution in [0.2, 0.25) is 0 Å². The van der Waals surface area contributed by atoms with Gasteiger partial charge in [-0.25, -0.2) is 9.18 Å². The van der Waals surface area contributed by atoms with E-state index in [0.717, 1.165) is 30.6 Å². The number of hydrogen-bond acceptors (Lipinski definition) is 4. The second-order valence-electron chi connectivity index (χ2n) is 6.91. The van der Waals surface area contributed by atoms with Gasteiger partial charge in [-0.05, 0) is 37.6 Å². The minimum Gasteiger partial charge on any atom is -0.491 e. The minimum atomic E-state index is -1.03. The van der Waals surface area contributed by atoms with Gasteiger partial charge in [-0.15, -0.1) is 0 Å². The molecule has 144 valence electrons. The van der Waals surface area contributed by atoms with Crippen molar-refractivity contribution in [2.75, 3.05) is 13.2 Å². The van der Waals surface area contributed by atoms with Crippen LogP contribution in [0.5, 0.6) is 5.75 Å². The SMILES string of the molecule is CCCCCCC1(C)NC(=O)N(CC(O)COc2ccc(F)cc2)C1=O. The molecule has 2 atom stereocenters. The Morgan fingerprint density at radius 2 is 1.92 bits per heavy atom. The van der Waals surface area contributed by atoms with Gasteiger partial charge in [0, 0.05) is 0 Å². The fourth-order valence-electron chi connectivity index (χ4n) is 2.97. The van der Waals surface area contributed by atoms with Crippen molar-refractivity contribution in [1.82, 2.24) is 10.2 Å². The second kappa shape index (κ2) is 8.98. The number of aliphatic hydroxyl groups excluding tert-OH is 1. The number of imide groups is 1. The number of nitrogens with one attached hydrogen (secondary N) is 1. The third-order valence-electron chi connectivity index (χ3n) is 4.52. The molecule has 2 rings (SSSR count). The van der Waals surface area contributed by atoms with Crippen LogP contribution in [0.4, 0.5) is 9.18 Å². The maximum atomic E-state index is 12.9. The number of amides is 3. The average molecular weight is 366 g/mol. The highest BCUT2D eigenvalue weighted by molar-refractivity contribution is 6.06. The molecule has 1 saturated heterocycles. The zero-order chi connectivity index (χ0) is 19.2. The Hall–Kier alpha value is -2.15. The van der Waals surface area contributed by atoms with Gasteiger partial charge in [-0.3, -0.25) is 9.69 Å². The minimum absolute atomic E-state index is 0.101. The van der Waals surface area contributed by atoms with E-state index in [2.05, 4.69) is 12.2 Å². The number of ether oxygens (including phenoxy) is 1. The normalized spacial score (nSPS) is 21.0. The average Bonchev–Trinajstić information content (AvgIpc) is 2.82. The number of benzene rings is 1. The van der Waals surface area contributed by atoms with Gasteiger partial charge in [0.25, 0.3) is 5.91 Å². The molecule has 0 saturated carbocycles. The van der Waals surface area contributed by atoms with Gasteiger partial charge in [-0.1, -0.05) is 32.6 Å². The molecule has 2 N–H and O–H groups in total. The Balaban J connectivity index is 1.84. The highest BCUT2D eigenvalue weighted by Crippen LogP contribution is 2.24. The molecular formula is C19H27FN2O4. The van der Waals surface area contributed by atoms with E-state index in [1.54, 1.807) is 6.92 Å². The third-order valence-corrected chi connectivity index (χ3v) is 4.52. The zero-order valence-electron chi connectivity index (χ0n) is 15.3. The van der Waals surface area contributed by atoms with Gasteiger partial charge < -0.3 is 15.2 Å². The molecule has 1 fully saturated rings. The van der Waals surface area contributed by atoms with Crippen LogP contribution in [0.3, 0.4) is 0 Å². The fourth-order valence-corrected chi connectivity index (χ4v) is 2.97. The van der Waals surface area contributed by atoms with E-state index in [0.29, 0.717) is 12.2 Å². The van der Waals surface area contributed by atoms with Crippen molar-refractivity contribution in [1.29, 1.82) is 0 Å². The highest BCUT2D eigenvalue weighted by atomic mass is 19.1. The first-order valence-corrected chi connectivity index (χ1v) is 9.06. The van der Waals surface area contributed by atoms with Crippen LogP contribution >= 0.6 is 0 Å². The zero-order valence-corrected chi connectivity index (χ0v) is 15.3. The van der Waals surface area contributed by atoms with Crippen LogP contribution in [0.1, 0.15) is 46.0 Å². The summed E-state index contributed by atoms with van der Waals surface area (Å²) in [5.41, 5.74) is -0.914. The number of nitrogens with zero attached hydrogens (tertiary/aromatic N) is 1. The number of carbonyl (C=O) groups is 2. The summed E-state index contributed by atoms with van der Waals surface area (Å²) in [6.45, 7) is 3.59. The molecule has 0 spiro atoms. The molecule has 1 aromatic rings. The lowest BCUT2D eigenvalue weighted by molar-refractivity contribution is -0.132. The molecule has 0 bridgehead atoms. The summed E-state index contributed by atoms with van der Waals surface area (Å²) in [7, 11) is 0. The Kier molecular flexibility index (Phi) is 6.97. The number of unbranched alkanes of at least 4 members (excludes halogenated alkanes) is 3. The lowest BCUT2D eigenvalue weighted by Gasteiger charge is -2.22. The molecule has 0 aliphatic carbocycles. The molecule has 7 heteroatoms. The molecule has 1 aliphatic heterocycles. The Morgan fingerprint density at radius 1 is 1.23 bits per heavy atom. The van der Waals surface area contributed by atoms with Gasteiger partial charge in [0.2, 0.25) is 0 Å². The fraction of sp³-hybridized carbons (Fsp3) is 0.579. The van der Waals surface area contributed by atoms with Crippen LogP contribution < -0.4 is 10.1 Å². The number of rotatable bonds is 10. The van der Waals surface area contributed by atoms with E-state index in [4.69, 9.17) is 4.74 Å². The second-order valence-corrected chi connectivity index (χ2v) is 6.91. The van der Waals surface area contributed by atoms with Gasteiger partial charge >= 0.3 is 6.03 Å². The highest BCUT2D eigenvalue weighted by Gasteiger charge is 2.47. The summed E-state index contributed by atoms with van der Waals surface area (Å²) in [6, 6.07) is 4.91. The molecule has 1 aromatic carbocycles. The lowest BCUT2D eigenvalue weighted by Crippen LogP contribution is -2.45. The Labute approximate surface area is 153 Å². The molecule has 6 nitrogen and oxygen atoms in total. The van der Waals surface area contributed by atoms with Gasteiger partial charge in [-0.2, -0.15) is 0 Å². The topological polar surface area (TPSA) is 78.9 Å². The number of hydrogen-bond donors (Lipinski definition) is 2. The van der Waals surface area contributed by atoms with E-state index in [1.807, 2.05) is 0 Å². The summed E-state index contributed by atoms with van der Waals surface area (Å²) in [6.07, 6.45) is 3.63. The standard InChI is InChI=1S/C19H27FN2O4/c1-3-4-5-6-11-19(2)17(24)22(18(25)21-19)12-15(23)13-26-16-9-7-14(20)8-10-16/h7-10,15,23H,3-6,11-13H2,1-2H3,(H,21,25). The van der Waals surface area contributed by atoms with E-state index in [-0.39, 0.29) is 24.9 Å². The molecule has 0 aromatic heterocycles. The van der Waals surface area contributed by atoms with E-state index in [1.165, 1.54) is 24.3 Å². The van der Waals surface area contributed by atoms with Crippen LogP contribution in [-0.4, -0.2) is 46.7 Å². The maximum Gasteiger partial charge on any atom is 0.325 e. The first kappa shape index (κ1) is 20.2. The first-order chi connectivity index (χ1) is 12.4. The van der Waals surface area contributed by atoms with Crippen LogP contribution in [0.25, 0.3) is 0 Å². The largest absolute Gasteiger partial charge is 0.491 e. The Bertz CT molecular complexity index is 622. The summed E-state index contributed by atoms with van der Waals surface area (Å²) < 4.78 is 18.2. The van der Waals surface area contributed by atoms with Gasteiger partial charge in [0.1, 0.15) is 29.8 Å². The van der Waals surface area contributed by atoms with Crippen molar-refractivity contribution < 1.29 is 23.8 Å². The summed E-state index contributed by atoms with van der Waals surface area (Å²) in [5, 5.41) is 12.8. The number of β-amino-alcohol motifs (C(OH)–C–C–N with tert-alkyl or cyclic N) is 1. The summed E-state index contributed by atoms with van der Waals surface area (Å²) >= 11 is 0. The molecule has 1 aliphatic rings. The van der Waals surface area contributed by atoms with Gasteiger partial charge in [0.15, 0.2) is 0 Å². The predicted molar refractivity (Wildman–Crippen MR) is 95.3 cm³/mol. The number of aliphatic hydroxyl groups is 1. The van der Waals surface area contributed by atoms with Crippen molar-refractivity contribution in [2.45, 2.75) is 57.6 Å². The van der Waals surface area contributed by atoms with Crippen molar-refractivity contribution >= 4 is 11.9 Å². The molecule has 1 heterocycles. The first-order valence-electron chi connectivity index (χ1n) is 9.06. The quantitative estimate of drug-likeness (QED) is 0.493. The number of halogens is 1. The molecule has 3 amide bonds. The Morgan fingerprint density at radius 3 is 2.58 bits per heavy atom. The van der Waals surface area contributed by atoms with Crippen molar-refractivity contribution in [3.05, 3.63) is 30.1 Å². The maximum absolute atomic E-state index is 12.9. The van der Waals surface area contributed by atoms with Crippen LogP contribution in [-0.2, 0) is 4.79 Å². The van der Waals surface area contributed by atoms with Crippen LogP contribution in [0.15, 0.2) is 24.3 Å². The number of urea groups is 1. The van der Waals surface area contributed by atoms with Crippen molar-refractivity contribution in [2.24, 2.45) is 0 Å². The van der Waals surface area contributed by atoms with Crippen LogP contribution in [0, 0.1) is 5.82 Å². The lowest BCUT2D eigenvalue weighted by atomic mass is 9.94. The third kappa shape index (κ3) is 5.17. The monoisotopic (exact) mass is 366 g/mol. The summed E-state index contributed by atoms with van der Waals surface area (Å²) in [4.78, 5) is 25.8. The molecule has 0 radical (unpaired) electrons. The predicted octanol–water partition coefficient (Wildman–Crippen LogP) is 2.85. The van der Waals surface area contributed by atoms with Gasteiger partial charge in [0.05, 0.1) is 6.54 Å². The molecule has 26 heavy (non-hydrogen) atoms.